The Labute approximate surface area is 156 Å². The van der Waals surface area contributed by atoms with E-state index in [9.17, 15) is 14.9 Å². The minimum Gasteiger partial charge on any atom is -0.321 e. The first-order chi connectivity index (χ1) is 12.6. The van der Waals surface area contributed by atoms with Crippen molar-refractivity contribution in [3.8, 4) is 0 Å². The summed E-state index contributed by atoms with van der Waals surface area (Å²) in [5.41, 5.74) is 1.11. The Hall–Kier alpha value is -2.44. The van der Waals surface area contributed by atoms with Gasteiger partial charge in [-0.3, -0.25) is 14.9 Å². The highest BCUT2D eigenvalue weighted by Crippen LogP contribution is 2.27. The number of quaternary nitrogens is 1. The third-order valence-electron chi connectivity index (χ3n) is 4.71. The van der Waals surface area contributed by atoms with Crippen molar-refractivity contribution in [3.63, 3.8) is 0 Å². The number of nitrogens with one attached hydrogen (secondary N) is 2. The lowest BCUT2D eigenvalue weighted by atomic mass is 10.0. The molecular weight excluding hydrogens is 354 g/mol. The van der Waals surface area contributed by atoms with Crippen molar-refractivity contribution < 1.29 is 14.6 Å². The third-order valence-corrected chi connectivity index (χ3v) is 5.03. The van der Waals surface area contributed by atoms with Gasteiger partial charge in [-0.05, 0) is 31.4 Å². The van der Waals surface area contributed by atoms with Crippen molar-refractivity contribution in [3.05, 3.63) is 69.2 Å². The molecule has 1 amide bonds. The maximum atomic E-state index is 13.0. The fraction of sp³-hybridized carbons (Fsp3) is 0.316. The highest BCUT2D eigenvalue weighted by molar-refractivity contribution is 6.32. The fourth-order valence-electron chi connectivity index (χ4n) is 3.46. The number of piperidine rings is 1. The minimum atomic E-state index is -0.553. The van der Waals surface area contributed by atoms with Gasteiger partial charge >= 0.3 is 0 Å². The maximum absolute atomic E-state index is 13.0. The summed E-state index contributed by atoms with van der Waals surface area (Å²) in [5, 5.41) is 14.0. The van der Waals surface area contributed by atoms with E-state index in [0.29, 0.717) is 5.69 Å². The Bertz CT molecular complexity index is 792. The molecule has 0 unspecified atom stereocenters. The van der Waals surface area contributed by atoms with Gasteiger partial charge < -0.3 is 10.2 Å². The van der Waals surface area contributed by atoms with Gasteiger partial charge in [0.2, 0.25) is 0 Å². The summed E-state index contributed by atoms with van der Waals surface area (Å²) in [5.74, 6) is -0.162. The van der Waals surface area contributed by atoms with Gasteiger partial charge in [-0.2, -0.15) is 0 Å². The van der Waals surface area contributed by atoms with Crippen molar-refractivity contribution >= 4 is 28.9 Å². The molecule has 3 rings (SSSR count). The summed E-state index contributed by atoms with van der Waals surface area (Å²) in [6.45, 7) is 1.88. The van der Waals surface area contributed by atoms with Crippen LogP contribution in [0.25, 0.3) is 0 Å². The quantitative estimate of drug-likeness (QED) is 0.624. The average molecular weight is 375 g/mol. The van der Waals surface area contributed by atoms with E-state index < -0.39 is 4.92 Å². The van der Waals surface area contributed by atoms with E-state index in [1.807, 2.05) is 30.3 Å². The predicted molar refractivity (Wildman–Crippen MR) is 100 cm³/mol. The van der Waals surface area contributed by atoms with Crippen LogP contribution in [0.15, 0.2) is 48.5 Å². The Morgan fingerprint density at radius 3 is 2.46 bits per heavy atom. The van der Waals surface area contributed by atoms with Crippen LogP contribution in [0.1, 0.15) is 30.9 Å². The molecule has 136 valence electrons. The van der Waals surface area contributed by atoms with Crippen LogP contribution < -0.4 is 10.2 Å². The first-order valence-corrected chi connectivity index (χ1v) is 9.08. The highest BCUT2D eigenvalue weighted by Gasteiger charge is 2.32. The van der Waals surface area contributed by atoms with Gasteiger partial charge in [0.05, 0.1) is 18.0 Å². The molecule has 0 aliphatic carbocycles. The molecule has 6 nitrogen and oxygen atoms in total. The SMILES string of the molecule is O=C(Nc1ccc(Cl)c([N+](=O)[O-])c1)[C@@H](c1ccccc1)[NH+]1CCCCC1. The first kappa shape index (κ1) is 18.4. The zero-order valence-corrected chi connectivity index (χ0v) is 15.0. The predicted octanol–water partition coefficient (Wildman–Crippen LogP) is 3.00. The number of nitrogens with zero attached hydrogens (tertiary/aromatic N) is 1. The van der Waals surface area contributed by atoms with E-state index >= 15 is 0 Å². The molecule has 1 atom stereocenters. The lowest BCUT2D eigenvalue weighted by molar-refractivity contribution is -0.926. The van der Waals surface area contributed by atoms with Crippen LogP contribution in [-0.4, -0.2) is 23.9 Å². The number of benzene rings is 2. The normalized spacial score (nSPS) is 16.0. The zero-order chi connectivity index (χ0) is 18.5. The summed E-state index contributed by atoms with van der Waals surface area (Å²) in [6, 6.07) is 13.7. The number of nitro groups is 1. The Morgan fingerprint density at radius 1 is 1.12 bits per heavy atom. The van der Waals surface area contributed by atoms with Crippen LogP contribution in [0.5, 0.6) is 0 Å². The molecule has 7 heteroatoms. The van der Waals surface area contributed by atoms with E-state index in [4.69, 9.17) is 11.6 Å². The number of likely N-dealkylation sites (tertiary alicyclic amines) is 1. The van der Waals surface area contributed by atoms with Gasteiger partial charge in [-0.1, -0.05) is 41.9 Å². The van der Waals surface area contributed by atoms with Crippen molar-refractivity contribution in [1.29, 1.82) is 0 Å². The van der Waals surface area contributed by atoms with Crippen molar-refractivity contribution in [2.24, 2.45) is 0 Å². The Morgan fingerprint density at radius 2 is 1.81 bits per heavy atom. The van der Waals surface area contributed by atoms with E-state index in [2.05, 4.69) is 5.32 Å². The number of amides is 1. The average Bonchev–Trinajstić information content (AvgIpc) is 2.65. The molecule has 1 heterocycles. The summed E-state index contributed by atoms with van der Waals surface area (Å²) in [6.07, 6.45) is 3.38. The van der Waals surface area contributed by atoms with Crippen LogP contribution in [0.2, 0.25) is 5.02 Å². The molecule has 2 N–H and O–H groups in total. The molecule has 1 aliphatic heterocycles. The monoisotopic (exact) mass is 374 g/mol. The molecule has 0 bridgehead atoms. The van der Waals surface area contributed by atoms with Crippen LogP contribution >= 0.6 is 11.6 Å². The summed E-state index contributed by atoms with van der Waals surface area (Å²) in [4.78, 5) is 24.8. The lowest BCUT2D eigenvalue weighted by Gasteiger charge is -2.30. The second-order valence-electron chi connectivity index (χ2n) is 6.48. The van der Waals surface area contributed by atoms with Gasteiger partial charge in [-0.25, -0.2) is 0 Å². The van der Waals surface area contributed by atoms with Gasteiger partial charge in [-0.15, -0.1) is 0 Å². The molecule has 0 radical (unpaired) electrons. The third kappa shape index (κ3) is 4.20. The zero-order valence-electron chi connectivity index (χ0n) is 14.3. The number of rotatable bonds is 5. The van der Waals surface area contributed by atoms with E-state index in [0.717, 1.165) is 31.5 Å². The molecule has 26 heavy (non-hydrogen) atoms. The summed E-state index contributed by atoms with van der Waals surface area (Å²) in [7, 11) is 0. The van der Waals surface area contributed by atoms with E-state index in [1.54, 1.807) is 6.07 Å². The fourth-order valence-corrected chi connectivity index (χ4v) is 3.64. The van der Waals surface area contributed by atoms with E-state index in [-0.39, 0.29) is 22.7 Å². The molecule has 1 saturated heterocycles. The Kier molecular flexibility index (Phi) is 5.85. The number of hydrogen-bond donors (Lipinski definition) is 2. The molecule has 2 aromatic carbocycles. The van der Waals surface area contributed by atoms with Gasteiger partial charge in [0, 0.05) is 17.3 Å². The topological polar surface area (TPSA) is 76.7 Å². The van der Waals surface area contributed by atoms with Crippen molar-refractivity contribution in [2.45, 2.75) is 25.3 Å². The number of halogens is 1. The van der Waals surface area contributed by atoms with Gasteiger partial charge in [0.1, 0.15) is 5.02 Å². The molecule has 0 spiro atoms. The van der Waals surface area contributed by atoms with Gasteiger partial charge in [0.25, 0.3) is 11.6 Å². The minimum absolute atomic E-state index is 0.0502. The lowest BCUT2D eigenvalue weighted by Crippen LogP contribution is -3.14. The molecule has 2 aromatic rings. The number of carbonyl (C=O) groups excluding carboxylic acids is 1. The maximum Gasteiger partial charge on any atom is 0.289 e. The van der Waals surface area contributed by atoms with Crippen molar-refractivity contribution in [2.75, 3.05) is 18.4 Å². The molecular formula is C19H21ClN3O3+. The standard InChI is InChI=1S/C19H20ClN3O3/c20-16-10-9-15(13-17(16)23(25)26)21-19(24)18(14-7-3-1-4-8-14)22-11-5-2-6-12-22/h1,3-4,7-10,13,18H,2,5-6,11-12H2,(H,21,24)/p+1/t18-/m1/s1. The molecule has 0 saturated carbocycles. The van der Waals surface area contributed by atoms with Gasteiger partial charge in [0.15, 0.2) is 6.04 Å². The number of carbonyl (C=O) groups is 1. The summed E-state index contributed by atoms with van der Waals surface area (Å²) >= 11 is 5.85. The van der Waals surface area contributed by atoms with Crippen LogP contribution in [0.3, 0.4) is 0 Å². The molecule has 1 fully saturated rings. The second-order valence-corrected chi connectivity index (χ2v) is 6.88. The van der Waals surface area contributed by atoms with Crippen molar-refractivity contribution in [1.82, 2.24) is 0 Å². The first-order valence-electron chi connectivity index (χ1n) is 8.70. The second kappa shape index (κ2) is 8.29. The summed E-state index contributed by atoms with van der Waals surface area (Å²) < 4.78 is 0. The largest absolute Gasteiger partial charge is 0.321 e. The van der Waals surface area contributed by atoms with Crippen LogP contribution in [0, 0.1) is 10.1 Å². The smallest absolute Gasteiger partial charge is 0.289 e. The van der Waals surface area contributed by atoms with Crippen LogP contribution in [0.4, 0.5) is 11.4 Å². The van der Waals surface area contributed by atoms with Crippen LogP contribution in [-0.2, 0) is 4.79 Å². The molecule has 0 aromatic heterocycles. The Balaban J connectivity index is 1.86. The number of hydrogen-bond acceptors (Lipinski definition) is 3. The number of anilines is 1. The number of nitro benzene ring substituents is 1. The highest BCUT2D eigenvalue weighted by atomic mass is 35.5. The molecule has 1 aliphatic rings. The van der Waals surface area contributed by atoms with E-state index in [1.165, 1.54) is 23.5 Å².